The molecule has 0 aliphatic rings. The van der Waals surface area contributed by atoms with Crippen molar-refractivity contribution in [2.75, 3.05) is 5.32 Å². The van der Waals surface area contributed by atoms with Crippen molar-refractivity contribution in [3.05, 3.63) is 94.8 Å². The molecule has 3 rings (SSSR count). The SMILES string of the molecule is CCc1cccc(C)c1NC(=O)c1cc(S(=O)(=O)NCc2ccccc2)ccc1F. The third-order valence-corrected chi connectivity index (χ3v) is 6.18. The molecule has 0 unspecified atom stereocenters. The van der Waals surface area contributed by atoms with Gasteiger partial charge in [-0.15, -0.1) is 0 Å². The molecule has 0 atom stereocenters. The molecule has 2 N–H and O–H groups in total. The fourth-order valence-corrected chi connectivity index (χ4v) is 4.13. The first kappa shape index (κ1) is 21.7. The lowest BCUT2D eigenvalue weighted by Crippen LogP contribution is -2.24. The van der Waals surface area contributed by atoms with E-state index in [4.69, 9.17) is 0 Å². The molecule has 1 amide bonds. The zero-order chi connectivity index (χ0) is 21.7. The van der Waals surface area contributed by atoms with Gasteiger partial charge < -0.3 is 5.32 Å². The summed E-state index contributed by atoms with van der Waals surface area (Å²) in [4.78, 5) is 12.6. The van der Waals surface area contributed by atoms with Crippen LogP contribution in [-0.2, 0) is 23.0 Å². The molecule has 3 aromatic rings. The maximum atomic E-state index is 14.4. The van der Waals surface area contributed by atoms with Crippen LogP contribution in [0.5, 0.6) is 0 Å². The molecular weight excluding hydrogens is 403 g/mol. The number of nitrogens with one attached hydrogen (secondary N) is 2. The van der Waals surface area contributed by atoms with Gasteiger partial charge in [0, 0.05) is 12.2 Å². The number of aryl methyl sites for hydroxylation is 2. The summed E-state index contributed by atoms with van der Waals surface area (Å²) < 4.78 is 42.1. The Morgan fingerprint density at radius 2 is 1.73 bits per heavy atom. The molecule has 0 aliphatic heterocycles. The van der Waals surface area contributed by atoms with Crippen molar-refractivity contribution in [1.82, 2.24) is 4.72 Å². The van der Waals surface area contributed by atoms with Crippen LogP contribution in [0, 0.1) is 12.7 Å². The van der Waals surface area contributed by atoms with Crippen molar-refractivity contribution in [1.29, 1.82) is 0 Å². The van der Waals surface area contributed by atoms with Crippen molar-refractivity contribution < 1.29 is 17.6 Å². The summed E-state index contributed by atoms with van der Waals surface area (Å²) >= 11 is 0. The van der Waals surface area contributed by atoms with E-state index < -0.39 is 21.7 Å². The summed E-state index contributed by atoms with van der Waals surface area (Å²) in [5.41, 5.74) is 2.82. The van der Waals surface area contributed by atoms with E-state index in [0.717, 1.165) is 34.9 Å². The molecule has 0 spiro atoms. The lowest BCUT2D eigenvalue weighted by Gasteiger charge is -2.14. The summed E-state index contributed by atoms with van der Waals surface area (Å²) in [6, 6.07) is 17.8. The highest BCUT2D eigenvalue weighted by Crippen LogP contribution is 2.23. The van der Waals surface area contributed by atoms with Gasteiger partial charge in [-0.25, -0.2) is 17.5 Å². The monoisotopic (exact) mass is 426 g/mol. The van der Waals surface area contributed by atoms with Crippen molar-refractivity contribution in [2.45, 2.75) is 31.7 Å². The average molecular weight is 427 g/mol. The van der Waals surface area contributed by atoms with E-state index in [-0.39, 0.29) is 17.0 Å². The van der Waals surface area contributed by atoms with E-state index >= 15 is 0 Å². The number of carbonyl (C=O) groups is 1. The number of anilines is 1. The minimum atomic E-state index is -3.92. The van der Waals surface area contributed by atoms with Crippen LogP contribution in [0.15, 0.2) is 71.6 Å². The van der Waals surface area contributed by atoms with Gasteiger partial charge >= 0.3 is 0 Å². The number of amides is 1. The van der Waals surface area contributed by atoms with Gasteiger partial charge in [0.15, 0.2) is 0 Å². The first-order valence-electron chi connectivity index (χ1n) is 9.55. The molecule has 0 aliphatic carbocycles. The Morgan fingerprint density at radius 3 is 2.43 bits per heavy atom. The van der Waals surface area contributed by atoms with E-state index in [1.54, 1.807) is 24.3 Å². The Balaban J connectivity index is 1.85. The summed E-state index contributed by atoms with van der Waals surface area (Å²) in [5.74, 6) is -1.49. The van der Waals surface area contributed by atoms with Gasteiger partial charge in [-0.05, 0) is 48.2 Å². The Bertz CT molecular complexity index is 1160. The van der Waals surface area contributed by atoms with Crippen LogP contribution < -0.4 is 10.0 Å². The average Bonchev–Trinajstić information content (AvgIpc) is 2.74. The van der Waals surface area contributed by atoms with E-state index in [1.165, 1.54) is 0 Å². The van der Waals surface area contributed by atoms with E-state index in [1.807, 2.05) is 38.1 Å². The lowest BCUT2D eigenvalue weighted by molar-refractivity contribution is 0.102. The van der Waals surface area contributed by atoms with Gasteiger partial charge in [-0.3, -0.25) is 4.79 Å². The Morgan fingerprint density at radius 1 is 1.00 bits per heavy atom. The van der Waals surface area contributed by atoms with Crippen LogP contribution in [-0.4, -0.2) is 14.3 Å². The van der Waals surface area contributed by atoms with Gasteiger partial charge in [-0.1, -0.05) is 55.5 Å². The third-order valence-electron chi connectivity index (χ3n) is 4.78. The summed E-state index contributed by atoms with van der Waals surface area (Å²) in [5, 5.41) is 2.73. The minimum absolute atomic E-state index is 0.0884. The van der Waals surface area contributed by atoms with Crippen molar-refractivity contribution in [3.63, 3.8) is 0 Å². The van der Waals surface area contributed by atoms with E-state index in [0.29, 0.717) is 12.1 Å². The smallest absolute Gasteiger partial charge is 0.258 e. The normalized spacial score (nSPS) is 11.3. The number of carbonyl (C=O) groups excluding carboxylic acids is 1. The molecule has 0 aromatic heterocycles. The summed E-state index contributed by atoms with van der Waals surface area (Å²) in [6.45, 7) is 3.89. The molecule has 0 fully saturated rings. The Labute approximate surface area is 176 Å². The first-order valence-corrected chi connectivity index (χ1v) is 11.0. The number of halogens is 1. The van der Waals surface area contributed by atoms with Gasteiger partial charge in [0.2, 0.25) is 10.0 Å². The topological polar surface area (TPSA) is 75.3 Å². The highest BCUT2D eigenvalue weighted by molar-refractivity contribution is 7.89. The van der Waals surface area contributed by atoms with Gasteiger partial charge in [0.1, 0.15) is 5.82 Å². The number of sulfonamides is 1. The predicted molar refractivity (Wildman–Crippen MR) is 115 cm³/mol. The zero-order valence-electron chi connectivity index (χ0n) is 16.8. The quantitative estimate of drug-likeness (QED) is 0.587. The summed E-state index contributed by atoms with van der Waals surface area (Å²) in [7, 11) is -3.92. The largest absolute Gasteiger partial charge is 0.321 e. The Kier molecular flexibility index (Phi) is 6.64. The molecule has 30 heavy (non-hydrogen) atoms. The van der Waals surface area contributed by atoms with Crippen molar-refractivity contribution in [2.24, 2.45) is 0 Å². The van der Waals surface area contributed by atoms with Crippen LogP contribution in [0.25, 0.3) is 0 Å². The molecule has 0 radical (unpaired) electrons. The molecule has 0 saturated carbocycles. The number of benzene rings is 3. The fourth-order valence-electron chi connectivity index (χ4n) is 3.09. The van der Waals surface area contributed by atoms with E-state index in [9.17, 15) is 17.6 Å². The fraction of sp³-hybridized carbons (Fsp3) is 0.174. The second-order valence-corrected chi connectivity index (χ2v) is 8.64. The van der Waals surface area contributed by atoms with Crippen LogP contribution in [0.4, 0.5) is 10.1 Å². The second-order valence-electron chi connectivity index (χ2n) is 6.87. The molecule has 5 nitrogen and oxygen atoms in total. The van der Waals surface area contributed by atoms with Crippen LogP contribution in [0.2, 0.25) is 0 Å². The molecule has 0 saturated heterocycles. The number of para-hydroxylation sites is 1. The number of rotatable bonds is 7. The van der Waals surface area contributed by atoms with Crippen LogP contribution >= 0.6 is 0 Å². The molecule has 0 bridgehead atoms. The van der Waals surface area contributed by atoms with Crippen molar-refractivity contribution >= 4 is 21.6 Å². The maximum absolute atomic E-state index is 14.4. The molecule has 7 heteroatoms. The first-order chi connectivity index (χ1) is 14.3. The summed E-state index contributed by atoms with van der Waals surface area (Å²) in [6.07, 6.45) is 0.692. The number of hydrogen-bond acceptors (Lipinski definition) is 3. The highest BCUT2D eigenvalue weighted by Gasteiger charge is 2.20. The van der Waals surface area contributed by atoms with Crippen molar-refractivity contribution in [3.8, 4) is 0 Å². The molecule has 3 aromatic carbocycles. The third kappa shape index (κ3) is 4.93. The Hall–Kier alpha value is -3.03. The molecular formula is C23H23FN2O3S. The second kappa shape index (κ2) is 9.19. The zero-order valence-corrected chi connectivity index (χ0v) is 17.6. The molecule has 156 valence electrons. The van der Waals surface area contributed by atoms with Crippen LogP contribution in [0.1, 0.15) is 34.0 Å². The maximum Gasteiger partial charge on any atom is 0.258 e. The van der Waals surface area contributed by atoms with Crippen LogP contribution in [0.3, 0.4) is 0 Å². The lowest BCUT2D eigenvalue weighted by atomic mass is 10.1. The van der Waals surface area contributed by atoms with Gasteiger partial charge in [0.25, 0.3) is 5.91 Å². The predicted octanol–water partition coefficient (Wildman–Crippen LogP) is 4.43. The van der Waals surface area contributed by atoms with Gasteiger partial charge in [-0.2, -0.15) is 0 Å². The minimum Gasteiger partial charge on any atom is -0.321 e. The van der Waals surface area contributed by atoms with E-state index in [2.05, 4.69) is 10.0 Å². The highest BCUT2D eigenvalue weighted by atomic mass is 32.2. The standard InChI is InChI=1S/C23H23FN2O3S/c1-3-18-11-7-8-16(2)22(18)26-23(27)20-14-19(12-13-21(20)24)30(28,29)25-15-17-9-5-4-6-10-17/h4-14,25H,3,15H2,1-2H3,(H,26,27). The number of hydrogen-bond donors (Lipinski definition) is 2. The molecule has 0 heterocycles. The van der Waals surface area contributed by atoms with Gasteiger partial charge in [0.05, 0.1) is 10.5 Å².